The van der Waals surface area contributed by atoms with E-state index in [2.05, 4.69) is 45.5 Å². The number of nitrogens with zero attached hydrogens (tertiary/aromatic N) is 2. The quantitative estimate of drug-likeness (QED) is 0.881. The van der Waals surface area contributed by atoms with Crippen LogP contribution in [0.2, 0.25) is 0 Å². The molecule has 0 bridgehead atoms. The Morgan fingerprint density at radius 2 is 2.04 bits per heavy atom. The highest BCUT2D eigenvalue weighted by Crippen LogP contribution is 2.35. The van der Waals surface area contributed by atoms with Crippen LogP contribution in [0.25, 0.3) is 0 Å². The van der Waals surface area contributed by atoms with Crippen LogP contribution in [0.1, 0.15) is 48.4 Å². The van der Waals surface area contributed by atoms with E-state index in [1.807, 2.05) is 12.3 Å². The summed E-state index contributed by atoms with van der Waals surface area (Å²) in [6, 6.07) is 13.3. The number of hydrogen-bond acceptors (Lipinski definition) is 3. The van der Waals surface area contributed by atoms with Gasteiger partial charge in [0.1, 0.15) is 0 Å². The van der Waals surface area contributed by atoms with Crippen LogP contribution in [0, 0.1) is 0 Å². The molecule has 1 fully saturated rings. The molecule has 1 aromatic carbocycles. The summed E-state index contributed by atoms with van der Waals surface area (Å²) in [5, 5.41) is 3.38. The number of fused-ring (bicyclic) bond motifs is 1. The van der Waals surface area contributed by atoms with Crippen LogP contribution in [-0.2, 0) is 17.8 Å². The van der Waals surface area contributed by atoms with Gasteiger partial charge in [-0.1, -0.05) is 30.3 Å². The van der Waals surface area contributed by atoms with E-state index in [1.54, 1.807) is 6.20 Å². The molecule has 1 heterocycles. The van der Waals surface area contributed by atoms with Gasteiger partial charge < -0.3 is 10.2 Å². The lowest BCUT2D eigenvalue weighted by atomic mass is 9.86. The molecule has 1 unspecified atom stereocenters. The Hall–Kier alpha value is -2.20. The standard InChI is InChI=1S/C21H25N3O/c25-21(14-23-18-10-11-18)24(15-16-5-4-12-22-13-16)20-9-3-7-17-6-1-2-8-19(17)20/h1-2,4-6,8,12-13,18,20,23H,3,7,9-11,14-15H2. The predicted octanol–water partition coefficient (Wildman–Crippen LogP) is 3.24. The van der Waals surface area contributed by atoms with Gasteiger partial charge >= 0.3 is 0 Å². The number of carbonyl (C=O) groups is 1. The van der Waals surface area contributed by atoms with Gasteiger partial charge in [0.2, 0.25) is 5.91 Å². The molecule has 4 nitrogen and oxygen atoms in total. The Morgan fingerprint density at radius 3 is 2.84 bits per heavy atom. The second-order valence-electron chi connectivity index (χ2n) is 7.14. The zero-order valence-corrected chi connectivity index (χ0v) is 14.5. The SMILES string of the molecule is O=C(CNC1CC1)N(Cc1cccnc1)C1CCCc2ccccc21. The Balaban J connectivity index is 1.59. The van der Waals surface area contributed by atoms with Crippen molar-refractivity contribution in [1.29, 1.82) is 0 Å². The summed E-state index contributed by atoms with van der Waals surface area (Å²) in [5.74, 6) is 0.192. The molecule has 2 aromatic rings. The molecule has 0 saturated heterocycles. The number of hydrogen-bond donors (Lipinski definition) is 1. The maximum Gasteiger partial charge on any atom is 0.237 e. The van der Waals surface area contributed by atoms with Gasteiger partial charge in [0, 0.05) is 25.0 Å². The summed E-state index contributed by atoms with van der Waals surface area (Å²) in [6.45, 7) is 1.06. The van der Waals surface area contributed by atoms with Crippen molar-refractivity contribution in [2.75, 3.05) is 6.54 Å². The fourth-order valence-corrected chi connectivity index (χ4v) is 3.73. The molecule has 4 rings (SSSR count). The van der Waals surface area contributed by atoms with Crippen LogP contribution < -0.4 is 5.32 Å². The molecule has 1 amide bonds. The molecule has 2 aliphatic rings. The lowest BCUT2D eigenvalue weighted by Crippen LogP contribution is -2.41. The number of aromatic nitrogens is 1. The van der Waals surface area contributed by atoms with Gasteiger partial charge in [0.15, 0.2) is 0 Å². The van der Waals surface area contributed by atoms with E-state index >= 15 is 0 Å². The second-order valence-corrected chi connectivity index (χ2v) is 7.14. The maximum absolute atomic E-state index is 13.0. The highest BCUT2D eigenvalue weighted by atomic mass is 16.2. The molecule has 0 aliphatic heterocycles. The third kappa shape index (κ3) is 3.90. The normalized spacial score (nSPS) is 19.3. The zero-order chi connectivity index (χ0) is 17.1. The average molecular weight is 335 g/mol. The van der Waals surface area contributed by atoms with Crippen molar-refractivity contribution in [1.82, 2.24) is 15.2 Å². The first-order valence-electron chi connectivity index (χ1n) is 9.31. The third-order valence-corrected chi connectivity index (χ3v) is 5.23. The Morgan fingerprint density at radius 1 is 1.16 bits per heavy atom. The number of carbonyl (C=O) groups excluding carboxylic acids is 1. The summed E-state index contributed by atoms with van der Waals surface area (Å²) in [4.78, 5) is 19.3. The van der Waals surface area contributed by atoms with Gasteiger partial charge in [-0.25, -0.2) is 0 Å². The maximum atomic E-state index is 13.0. The van der Waals surface area contributed by atoms with Gasteiger partial charge in [-0.15, -0.1) is 0 Å². The molecule has 4 heteroatoms. The number of rotatable bonds is 6. The molecule has 1 atom stereocenters. The fourth-order valence-electron chi connectivity index (χ4n) is 3.73. The minimum atomic E-state index is 0.165. The molecule has 0 spiro atoms. The van der Waals surface area contributed by atoms with Crippen molar-refractivity contribution in [2.24, 2.45) is 0 Å². The van der Waals surface area contributed by atoms with Crippen molar-refractivity contribution in [2.45, 2.75) is 50.7 Å². The van der Waals surface area contributed by atoms with E-state index in [1.165, 1.54) is 24.0 Å². The molecular formula is C21H25N3O. The molecule has 2 aliphatic carbocycles. The minimum Gasteiger partial charge on any atom is -0.330 e. The van der Waals surface area contributed by atoms with E-state index in [-0.39, 0.29) is 11.9 Å². The van der Waals surface area contributed by atoms with E-state index in [9.17, 15) is 4.79 Å². The number of pyridine rings is 1. The molecule has 1 N–H and O–H groups in total. The van der Waals surface area contributed by atoms with Crippen LogP contribution >= 0.6 is 0 Å². The van der Waals surface area contributed by atoms with E-state index < -0.39 is 0 Å². The van der Waals surface area contributed by atoms with Crippen molar-refractivity contribution < 1.29 is 4.79 Å². The fraction of sp³-hybridized carbons (Fsp3) is 0.429. The average Bonchev–Trinajstić information content (AvgIpc) is 3.49. The number of nitrogens with one attached hydrogen (secondary N) is 1. The van der Waals surface area contributed by atoms with Crippen LogP contribution in [0.3, 0.4) is 0 Å². The first kappa shape index (κ1) is 16.3. The van der Waals surface area contributed by atoms with Crippen LogP contribution in [-0.4, -0.2) is 28.4 Å². The van der Waals surface area contributed by atoms with Crippen molar-refractivity contribution in [3.05, 3.63) is 65.5 Å². The lowest BCUT2D eigenvalue weighted by molar-refractivity contribution is -0.133. The second kappa shape index (κ2) is 7.36. The van der Waals surface area contributed by atoms with E-state index in [0.717, 1.165) is 24.8 Å². The van der Waals surface area contributed by atoms with Gasteiger partial charge in [0.25, 0.3) is 0 Å². The first-order valence-corrected chi connectivity index (χ1v) is 9.31. The molecule has 130 valence electrons. The smallest absolute Gasteiger partial charge is 0.237 e. The van der Waals surface area contributed by atoms with E-state index in [4.69, 9.17) is 0 Å². The first-order chi connectivity index (χ1) is 12.3. The molecular weight excluding hydrogens is 310 g/mol. The molecule has 1 saturated carbocycles. The monoisotopic (exact) mass is 335 g/mol. The van der Waals surface area contributed by atoms with Crippen LogP contribution in [0.5, 0.6) is 0 Å². The van der Waals surface area contributed by atoms with Crippen LogP contribution in [0.15, 0.2) is 48.8 Å². The molecule has 25 heavy (non-hydrogen) atoms. The number of amides is 1. The number of aryl methyl sites for hydroxylation is 1. The van der Waals surface area contributed by atoms with Crippen molar-refractivity contribution in [3.63, 3.8) is 0 Å². The topological polar surface area (TPSA) is 45.2 Å². The van der Waals surface area contributed by atoms with Crippen LogP contribution in [0.4, 0.5) is 0 Å². The largest absolute Gasteiger partial charge is 0.330 e. The highest BCUT2D eigenvalue weighted by Gasteiger charge is 2.30. The Kier molecular flexibility index (Phi) is 4.79. The van der Waals surface area contributed by atoms with E-state index in [0.29, 0.717) is 19.1 Å². The lowest BCUT2D eigenvalue weighted by Gasteiger charge is -2.36. The summed E-state index contributed by atoms with van der Waals surface area (Å²) in [6.07, 6.45) is 9.32. The number of benzene rings is 1. The molecule has 0 radical (unpaired) electrons. The molecule has 1 aromatic heterocycles. The van der Waals surface area contributed by atoms with Gasteiger partial charge in [-0.2, -0.15) is 0 Å². The Bertz CT molecular complexity index is 727. The summed E-state index contributed by atoms with van der Waals surface area (Å²) in [7, 11) is 0. The predicted molar refractivity (Wildman–Crippen MR) is 97.9 cm³/mol. The summed E-state index contributed by atoms with van der Waals surface area (Å²) < 4.78 is 0. The van der Waals surface area contributed by atoms with Gasteiger partial charge in [-0.3, -0.25) is 9.78 Å². The highest BCUT2D eigenvalue weighted by molar-refractivity contribution is 5.79. The zero-order valence-electron chi connectivity index (χ0n) is 14.5. The van der Waals surface area contributed by atoms with Crippen molar-refractivity contribution >= 4 is 5.91 Å². The minimum absolute atomic E-state index is 0.165. The summed E-state index contributed by atoms with van der Waals surface area (Å²) >= 11 is 0. The van der Waals surface area contributed by atoms with Gasteiger partial charge in [0.05, 0.1) is 12.6 Å². The Labute approximate surface area is 149 Å². The van der Waals surface area contributed by atoms with Gasteiger partial charge in [-0.05, 0) is 54.9 Å². The third-order valence-electron chi connectivity index (χ3n) is 5.23. The van der Waals surface area contributed by atoms with Crippen molar-refractivity contribution in [3.8, 4) is 0 Å². The summed E-state index contributed by atoms with van der Waals surface area (Å²) in [5.41, 5.74) is 3.79.